The zero-order chi connectivity index (χ0) is 15.7. The van der Waals surface area contributed by atoms with Gasteiger partial charge in [-0.15, -0.1) is 0 Å². The summed E-state index contributed by atoms with van der Waals surface area (Å²) >= 11 is 0. The summed E-state index contributed by atoms with van der Waals surface area (Å²) < 4.78 is 15.5. The van der Waals surface area contributed by atoms with Crippen LogP contribution in [-0.2, 0) is 0 Å². The second-order valence-electron chi connectivity index (χ2n) is 4.96. The summed E-state index contributed by atoms with van der Waals surface area (Å²) in [5.74, 6) is 1.37. The van der Waals surface area contributed by atoms with E-state index in [1.54, 1.807) is 0 Å². The van der Waals surface area contributed by atoms with Gasteiger partial charge in [-0.05, 0) is 54.3 Å². The zero-order valence-corrected chi connectivity index (χ0v) is 12.4. The van der Waals surface area contributed by atoms with E-state index in [9.17, 15) is 0 Å². The predicted octanol–water partition coefficient (Wildman–Crippen LogP) is 2.46. The Morgan fingerprint density at radius 1 is 1.14 bits per heavy atom. The number of hydrogen-bond donors (Lipinski definition) is 1. The Kier molecular flexibility index (Phi) is 3.50. The molecule has 2 aromatic heterocycles. The van der Waals surface area contributed by atoms with E-state index < -0.39 is 6.10 Å². The third-order valence-electron chi connectivity index (χ3n) is 3.31. The number of aryl methyl sites for hydroxylation is 2. The van der Waals surface area contributed by atoms with Crippen molar-refractivity contribution in [3.05, 3.63) is 35.2 Å². The van der Waals surface area contributed by atoms with Crippen molar-refractivity contribution in [2.45, 2.75) is 26.9 Å². The van der Waals surface area contributed by atoms with E-state index in [0.717, 1.165) is 11.3 Å². The van der Waals surface area contributed by atoms with Crippen molar-refractivity contribution >= 4 is 5.82 Å². The molecule has 3 rings (SSSR count). The van der Waals surface area contributed by atoms with E-state index in [4.69, 9.17) is 15.0 Å². The van der Waals surface area contributed by atoms with Crippen LogP contribution in [0.5, 0.6) is 5.75 Å². The summed E-state index contributed by atoms with van der Waals surface area (Å²) in [5.41, 5.74) is 8.19. The molecule has 114 valence electrons. The van der Waals surface area contributed by atoms with E-state index in [1.807, 2.05) is 39.0 Å². The van der Waals surface area contributed by atoms with Crippen LogP contribution in [0.25, 0.3) is 11.5 Å². The minimum Gasteiger partial charge on any atom is -0.481 e. The van der Waals surface area contributed by atoms with Gasteiger partial charge in [0.25, 0.3) is 5.89 Å². The molecule has 1 atom stereocenters. The zero-order valence-electron chi connectivity index (χ0n) is 12.4. The molecule has 0 amide bonds. The predicted molar refractivity (Wildman–Crippen MR) is 77.0 cm³/mol. The van der Waals surface area contributed by atoms with Crippen LogP contribution in [0.2, 0.25) is 0 Å². The summed E-state index contributed by atoms with van der Waals surface area (Å²) in [7, 11) is 0. The molecule has 8 nitrogen and oxygen atoms in total. The van der Waals surface area contributed by atoms with Crippen molar-refractivity contribution in [3.63, 3.8) is 0 Å². The second kappa shape index (κ2) is 5.47. The summed E-state index contributed by atoms with van der Waals surface area (Å²) in [6.45, 7) is 5.89. The molecular weight excluding hydrogens is 286 g/mol. The second-order valence-corrected chi connectivity index (χ2v) is 4.96. The Morgan fingerprint density at radius 2 is 1.95 bits per heavy atom. The number of rotatable bonds is 4. The number of nitrogen functional groups attached to an aromatic ring is 1. The Bertz CT molecular complexity index is 795. The van der Waals surface area contributed by atoms with Crippen molar-refractivity contribution in [2.75, 3.05) is 5.73 Å². The van der Waals surface area contributed by atoms with Gasteiger partial charge in [-0.3, -0.25) is 0 Å². The normalized spacial score (nSPS) is 12.3. The highest BCUT2D eigenvalue weighted by Gasteiger charge is 2.20. The molecule has 0 fully saturated rings. The molecule has 0 bridgehead atoms. The average molecular weight is 301 g/mol. The van der Waals surface area contributed by atoms with Gasteiger partial charge >= 0.3 is 0 Å². The fourth-order valence-electron chi connectivity index (χ4n) is 1.89. The Morgan fingerprint density at radius 3 is 2.64 bits per heavy atom. The van der Waals surface area contributed by atoms with E-state index in [0.29, 0.717) is 5.89 Å². The minimum atomic E-state index is -0.413. The molecule has 0 aliphatic heterocycles. The van der Waals surface area contributed by atoms with Crippen molar-refractivity contribution in [2.24, 2.45) is 0 Å². The standard InChI is InChI=1S/C14H15N5O3/c1-7-4-5-10(6-8(7)2)20-9(3)14-16-13(19-21-14)11-12(15)18-22-17-11/h4-6,9H,1-3H3,(H2,15,18)/t9-/m1/s1. The fraction of sp³-hybridized carbons (Fsp3) is 0.286. The molecule has 0 aliphatic carbocycles. The Hall–Kier alpha value is -2.90. The lowest BCUT2D eigenvalue weighted by Gasteiger charge is -2.12. The van der Waals surface area contributed by atoms with Gasteiger partial charge in [0.15, 0.2) is 17.6 Å². The molecular formula is C14H15N5O3. The monoisotopic (exact) mass is 301 g/mol. The molecule has 3 aromatic rings. The van der Waals surface area contributed by atoms with E-state index >= 15 is 0 Å². The van der Waals surface area contributed by atoms with Gasteiger partial charge in [0.2, 0.25) is 5.82 Å². The lowest BCUT2D eigenvalue weighted by molar-refractivity contribution is 0.175. The first-order valence-electron chi connectivity index (χ1n) is 6.70. The molecule has 8 heteroatoms. The van der Waals surface area contributed by atoms with Crippen LogP contribution in [0.3, 0.4) is 0 Å². The Labute approximate surface area is 126 Å². The Balaban J connectivity index is 1.78. The van der Waals surface area contributed by atoms with Crippen molar-refractivity contribution in [3.8, 4) is 17.3 Å². The third-order valence-corrected chi connectivity index (χ3v) is 3.31. The topological polar surface area (TPSA) is 113 Å². The highest BCUT2D eigenvalue weighted by atomic mass is 16.6. The molecule has 0 spiro atoms. The van der Waals surface area contributed by atoms with Crippen molar-refractivity contribution in [1.82, 2.24) is 20.5 Å². The number of nitrogens with two attached hydrogens (primary N) is 1. The first-order valence-corrected chi connectivity index (χ1v) is 6.70. The van der Waals surface area contributed by atoms with Crippen LogP contribution >= 0.6 is 0 Å². The van der Waals surface area contributed by atoms with Gasteiger partial charge in [0, 0.05) is 0 Å². The number of nitrogens with zero attached hydrogens (tertiary/aromatic N) is 4. The van der Waals surface area contributed by atoms with E-state index in [2.05, 4.69) is 25.1 Å². The van der Waals surface area contributed by atoms with Gasteiger partial charge in [0.05, 0.1) is 0 Å². The number of benzene rings is 1. The number of hydrogen-bond acceptors (Lipinski definition) is 8. The molecule has 0 saturated heterocycles. The smallest absolute Gasteiger partial charge is 0.267 e. The van der Waals surface area contributed by atoms with E-state index in [1.165, 1.54) is 5.56 Å². The number of ether oxygens (including phenoxy) is 1. The van der Waals surface area contributed by atoms with Gasteiger partial charge < -0.3 is 15.0 Å². The van der Waals surface area contributed by atoms with Gasteiger partial charge in [-0.2, -0.15) is 4.98 Å². The molecule has 22 heavy (non-hydrogen) atoms. The quantitative estimate of drug-likeness (QED) is 0.781. The fourth-order valence-corrected chi connectivity index (χ4v) is 1.89. The maximum Gasteiger partial charge on any atom is 0.267 e. The highest BCUT2D eigenvalue weighted by Crippen LogP contribution is 2.25. The highest BCUT2D eigenvalue weighted by molar-refractivity contribution is 5.61. The largest absolute Gasteiger partial charge is 0.481 e. The van der Waals surface area contributed by atoms with Crippen LogP contribution in [0.1, 0.15) is 30.0 Å². The van der Waals surface area contributed by atoms with E-state index in [-0.39, 0.29) is 17.3 Å². The lowest BCUT2D eigenvalue weighted by atomic mass is 10.1. The SMILES string of the molecule is Cc1ccc(O[C@H](C)c2nc(-c3nonc3N)no2)cc1C. The van der Waals surface area contributed by atoms with Gasteiger partial charge in [0.1, 0.15) is 5.75 Å². The number of aromatic nitrogens is 4. The summed E-state index contributed by atoms with van der Waals surface area (Å²) in [5, 5.41) is 10.9. The van der Waals surface area contributed by atoms with Crippen LogP contribution < -0.4 is 10.5 Å². The minimum absolute atomic E-state index is 0.107. The third kappa shape index (κ3) is 2.62. The average Bonchev–Trinajstić information content (AvgIpc) is 3.11. The molecule has 0 unspecified atom stereocenters. The maximum absolute atomic E-state index is 5.81. The molecule has 1 aromatic carbocycles. The lowest BCUT2D eigenvalue weighted by Crippen LogP contribution is -2.04. The van der Waals surface area contributed by atoms with Crippen LogP contribution in [0, 0.1) is 13.8 Å². The summed E-state index contributed by atoms with van der Waals surface area (Å²) in [6.07, 6.45) is -0.413. The molecule has 0 saturated carbocycles. The summed E-state index contributed by atoms with van der Waals surface area (Å²) in [4.78, 5) is 4.20. The number of anilines is 1. The van der Waals surface area contributed by atoms with Crippen LogP contribution in [0.4, 0.5) is 5.82 Å². The maximum atomic E-state index is 5.81. The van der Waals surface area contributed by atoms with Gasteiger partial charge in [-0.25, -0.2) is 4.63 Å². The first-order chi connectivity index (χ1) is 10.5. The molecule has 2 N–H and O–H groups in total. The van der Waals surface area contributed by atoms with Crippen molar-refractivity contribution in [1.29, 1.82) is 0 Å². The summed E-state index contributed by atoms with van der Waals surface area (Å²) in [6, 6.07) is 5.86. The first kappa shape index (κ1) is 14.1. The van der Waals surface area contributed by atoms with Crippen LogP contribution in [0.15, 0.2) is 27.4 Å². The molecule has 2 heterocycles. The van der Waals surface area contributed by atoms with Gasteiger partial charge in [-0.1, -0.05) is 11.2 Å². The van der Waals surface area contributed by atoms with Crippen molar-refractivity contribution < 1.29 is 13.9 Å². The molecule has 0 aliphatic rings. The molecule has 0 radical (unpaired) electrons. The van der Waals surface area contributed by atoms with Crippen LogP contribution in [-0.4, -0.2) is 20.5 Å².